The molecule has 1 aliphatic rings. The Hall–Kier alpha value is -2.34. The van der Waals surface area contributed by atoms with Gasteiger partial charge in [0.15, 0.2) is 0 Å². The number of nitrogens with zero attached hydrogens (tertiary/aromatic N) is 3. The van der Waals surface area contributed by atoms with Crippen LogP contribution in [0, 0.1) is 5.92 Å². The van der Waals surface area contributed by atoms with Crippen molar-refractivity contribution in [3.05, 3.63) is 47.8 Å². The van der Waals surface area contributed by atoms with Crippen molar-refractivity contribution in [3.8, 4) is 5.75 Å². The molecule has 2 heterocycles. The van der Waals surface area contributed by atoms with E-state index in [0.717, 1.165) is 30.6 Å². The number of methoxy groups -OCH3 is 1. The average Bonchev–Trinajstić information content (AvgIpc) is 3.12. The van der Waals surface area contributed by atoms with E-state index >= 15 is 0 Å². The Bertz CT molecular complexity index is 701. The summed E-state index contributed by atoms with van der Waals surface area (Å²) in [6.45, 7) is 3.85. The third kappa shape index (κ3) is 3.85. The van der Waals surface area contributed by atoms with Gasteiger partial charge in [-0.05, 0) is 49.4 Å². The van der Waals surface area contributed by atoms with Gasteiger partial charge in [-0.2, -0.15) is 5.10 Å². The van der Waals surface area contributed by atoms with E-state index in [-0.39, 0.29) is 5.92 Å². The van der Waals surface area contributed by atoms with E-state index in [9.17, 15) is 9.90 Å². The lowest BCUT2D eigenvalue weighted by Gasteiger charge is -2.37. The molecule has 134 valence electrons. The standard InChI is InChI=1S/C19H25N3O3/c1-19(24,16-7-10-21(14-23)11-8-16)18-9-12-22(20-18)13-15-3-5-17(25-2)6-4-15/h3-6,9,12,14,16,24H,7-8,10-11,13H2,1-2H3. The molecule has 0 aliphatic carbocycles. The lowest BCUT2D eigenvalue weighted by Crippen LogP contribution is -2.41. The van der Waals surface area contributed by atoms with Crippen LogP contribution < -0.4 is 4.74 Å². The second-order valence-electron chi connectivity index (χ2n) is 6.81. The zero-order chi connectivity index (χ0) is 17.9. The van der Waals surface area contributed by atoms with Gasteiger partial charge in [-0.3, -0.25) is 9.48 Å². The minimum Gasteiger partial charge on any atom is -0.497 e. The van der Waals surface area contributed by atoms with Crippen molar-refractivity contribution in [1.82, 2.24) is 14.7 Å². The molecule has 1 aromatic carbocycles. The summed E-state index contributed by atoms with van der Waals surface area (Å²) in [5.41, 5.74) is 0.820. The molecule has 2 aromatic rings. The maximum Gasteiger partial charge on any atom is 0.209 e. The number of carbonyl (C=O) groups is 1. The number of aliphatic hydroxyl groups is 1. The topological polar surface area (TPSA) is 67.6 Å². The molecule has 3 rings (SSSR count). The van der Waals surface area contributed by atoms with E-state index in [4.69, 9.17) is 4.74 Å². The monoisotopic (exact) mass is 343 g/mol. The number of carbonyl (C=O) groups excluding carboxylic acids is 1. The number of likely N-dealkylation sites (tertiary alicyclic amines) is 1. The number of aromatic nitrogens is 2. The normalized spacial score (nSPS) is 18.0. The van der Waals surface area contributed by atoms with Crippen LogP contribution in [-0.4, -0.2) is 46.4 Å². The van der Waals surface area contributed by atoms with Gasteiger partial charge in [-0.15, -0.1) is 0 Å². The van der Waals surface area contributed by atoms with Crippen molar-refractivity contribution in [2.75, 3.05) is 20.2 Å². The van der Waals surface area contributed by atoms with Gasteiger partial charge < -0.3 is 14.7 Å². The lowest BCUT2D eigenvalue weighted by molar-refractivity contribution is -0.121. The fourth-order valence-electron chi connectivity index (χ4n) is 3.41. The Morgan fingerprint density at radius 3 is 2.56 bits per heavy atom. The number of hydrogen-bond acceptors (Lipinski definition) is 4. The summed E-state index contributed by atoms with van der Waals surface area (Å²) in [7, 11) is 1.65. The molecule has 1 fully saturated rings. The van der Waals surface area contributed by atoms with Gasteiger partial charge >= 0.3 is 0 Å². The minimum atomic E-state index is -0.986. The van der Waals surface area contributed by atoms with Gasteiger partial charge in [0, 0.05) is 19.3 Å². The zero-order valence-corrected chi connectivity index (χ0v) is 14.8. The number of ether oxygens (including phenoxy) is 1. The molecule has 1 unspecified atom stereocenters. The maximum atomic E-state index is 11.0. The molecule has 0 spiro atoms. The number of amides is 1. The molecule has 0 radical (unpaired) electrons. The maximum absolute atomic E-state index is 11.0. The lowest BCUT2D eigenvalue weighted by atomic mass is 9.80. The molecule has 1 aromatic heterocycles. The molecule has 25 heavy (non-hydrogen) atoms. The third-order valence-electron chi connectivity index (χ3n) is 5.14. The predicted octanol–water partition coefficient (Wildman–Crippen LogP) is 2.02. The van der Waals surface area contributed by atoms with Crippen molar-refractivity contribution in [3.63, 3.8) is 0 Å². The average molecular weight is 343 g/mol. The molecule has 1 amide bonds. The first-order valence-corrected chi connectivity index (χ1v) is 8.61. The van der Waals surface area contributed by atoms with E-state index < -0.39 is 5.60 Å². The SMILES string of the molecule is COc1ccc(Cn2ccc(C(C)(O)C3CCN(C=O)CC3)n2)cc1. The van der Waals surface area contributed by atoms with Crippen LogP contribution >= 0.6 is 0 Å². The second kappa shape index (κ2) is 7.27. The van der Waals surface area contributed by atoms with Gasteiger partial charge in [-0.1, -0.05) is 12.1 Å². The summed E-state index contributed by atoms with van der Waals surface area (Å²) in [6, 6.07) is 9.75. The molecule has 0 saturated carbocycles. The zero-order valence-electron chi connectivity index (χ0n) is 14.8. The Kier molecular flexibility index (Phi) is 5.08. The Balaban J connectivity index is 1.68. The first-order valence-electron chi connectivity index (χ1n) is 8.61. The minimum absolute atomic E-state index is 0.105. The highest BCUT2D eigenvalue weighted by molar-refractivity contribution is 5.47. The molecule has 1 saturated heterocycles. The largest absolute Gasteiger partial charge is 0.497 e. The number of piperidine rings is 1. The summed E-state index contributed by atoms with van der Waals surface area (Å²) in [5, 5.41) is 15.6. The highest BCUT2D eigenvalue weighted by atomic mass is 16.5. The molecule has 1 N–H and O–H groups in total. The van der Waals surface area contributed by atoms with E-state index in [1.165, 1.54) is 0 Å². The fraction of sp³-hybridized carbons (Fsp3) is 0.474. The van der Waals surface area contributed by atoms with Gasteiger partial charge in [0.1, 0.15) is 11.4 Å². The Morgan fingerprint density at radius 2 is 1.96 bits per heavy atom. The number of rotatable bonds is 6. The van der Waals surface area contributed by atoms with Crippen molar-refractivity contribution in [2.24, 2.45) is 5.92 Å². The van der Waals surface area contributed by atoms with E-state index in [2.05, 4.69) is 5.10 Å². The van der Waals surface area contributed by atoms with Gasteiger partial charge in [-0.25, -0.2) is 0 Å². The van der Waals surface area contributed by atoms with Crippen molar-refractivity contribution in [2.45, 2.75) is 31.9 Å². The molecule has 1 aliphatic heterocycles. The molecular weight excluding hydrogens is 318 g/mol. The molecule has 6 heteroatoms. The van der Waals surface area contributed by atoms with E-state index in [1.54, 1.807) is 12.0 Å². The quantitative estimate of drug-likeness (QED) is 0.815. The summed E-state index contributed by atoms with van der Waals surface area (Å²) in [4.78, 5) is 12.6. The highest BCUT2D eigenvalue weighted by Crippen LogP contribution is 2.35. The highest BCUT2D eigenvalue weighted by Gasteiger charge is 2.37. The van der Waals surface area contributed by atoms with Crippen molar-refractivity contribution < 1.29 is 14.6 Å². The third-order valence-corrected chi connectivity index (χ3v) is 5.14. The number of hydrogen-bond donors (Lipinski definition) is 1. The van der Waals surface area contributed by atoms with Crippen LogP contribution in [0.4, 0.5) is 0 Å². The van der Waals surface area contributed by atoms with Crippen LogP contribution in [0.25, 0.3) is 0 Å². The molecular formula is C19H25N3O3. The van der Waals surface area contributed by atoms with Crippen LogP contribution in [0.2, 0.25) is 0 Å². The Morgan fingerprint density at radius 1 is 1.28 bits per heavy atom. The number of benzene rings is 1. The first kappa shape index (κ1) is 17.5. The summed E-state index contributed by atoms with van der Waals surface area (Å²) >= 11 is 0. The van der Waals surface area contributed by atoms with Crippen molar-refractivity contribution in [1.29, 1.82) is 0 Å². The van der Waals surface area contributed by atoms with E-state index in [0.29, 0.717) is 25.3 Å². The van der Waals surface area contributed by atoms with Crippen LogP contribution in [-0.2, 0) is 16.9 Å². The Labute approximate surface area is 148 Å². The summed E-state index contributed by atoms with van der Waals surface area (Å²) in [6.07, 6.45) is 4.36. The van der Waals surface area contributed by atoms with Crippen LogP contribution in [0.15, 0.2) is 36.5 Å². The fourth-order valence-corrected chi connectivity index (χ4v) is 3.41. The first-order chi connectivity index (χ1) is 12.0. The molecule has 0 bridgehead atoms. The van der Waals surface area contributed by atoms with E-state index in [1.807, 2.05) is 48.1 Å². The summed E-state index contributed by atoms with van der Waals surface area (Å²) in [5.74, 6) is 0.933. The van der Waals surface area contributed by atoms with Gasteiger partial charge in [0.05, 0.1) is 19.3 Å². The second-order valence-corrected chi connectivity index (χ2v) is 6.81. The predicted molar refractivity (Wildman–Crippen MR) is 94.3 cm³/mol. The van der Waals surface area contributed by atoms with Crippen LogP contribution in [0.3, 0.4) is 0 Å². The summed E-state index contributed by atoms with van der Waals surface area (Å²) < 4.78 is 7.01. The van der Waals surface area contributed by atoms with Gasteiger partial charge in [0.25, 0.3) is 0 Å². The van der Waals surface area contributed by atoms with Crippen LogP contribution in [0.1, 0.15) is 31.0 Å². The molecule has 1 atom stereocenters. The van der Waals surface area contributed by atoms with Gasteiger partial charge in [0.2, 0.25) is 6.41 Å². The smallest absolute Gasteiger partial charge is 0.209 e. The molecule has 6 nitrogen and oxygen atoms in total. The van der Waals surface area contributed by atoms with Crippen LogP contribution in [0.5, 0.6) is 5.75 Å². The van der Waals surface area contributed by atoms with Crippen molar-refractivity contribution >= 4 is 6.41 Å².